The van der Waals surface area contributed by atoms with E-state index >= 15 is 0 Å². The van der Waals surface area contributed by atoms with Crippen molar-refractivity contribution in [2.24, 2.45) is 5.92 Å². The first-order valence-corrected chi connectivity index (χ1v) is 10.1. The van der Waals surface area contributed by atoms with Crippen LogP contribution in [0.3, 0.4) is 0 Å². The quantitative estimate of drug-likeness (QED) is 0.461. The number of hydrogen-bond acceptors (Lipinski definition) is 5. The molecule has 30 heavy (non-hydrogen) atoms. The van der Waals surface area contributed by atoms with Gasteiger partial charge in [-0.25, -0.2) is 0 Å². The molecule has 0 bridgehead atoms. The van der Waals surface area contributed by atoms with Crippen molar-refractivity contribution in [3.63, 3.8) is 0 Å². The van der Waals surface area contributed by atoms with E-state index in [2.05, 4.69) is 30.0 Å². The van der Waals surface area contributed by atoms with Gasteiger partial charge in [0.05, 0.1) is 12.7 Å². The van der Waals surface area contributed by atoms with Gasteiger partial charge in [0.25, 0.3) is 11.8 Å². The maximum Gasteiger partial charge on any atom is 0.269 e. The molecular formula is C22H27N3O4S. The molecule has 7 nitrogen and oxygen atoms in total. The average molecular weight is 430 g/mol. The number of carbonyl (C=O) groups excluding carboxylic acids is 2. The van der Waals surface area contributed by atoms with Gasteiger partial charge < -0.3 is 9.47 Å². The number of rotatable bonds is 7. The topological polar surface area (TPSA) is 88.7 Å². The zero-order valence-corrected chi connectivity index (χ0v) is 18.3. The minimum atomic E-state index is -0.399. The highest BCUT2D eigenvalue weighted by Crippen LogP contribution is 2.14. The second-order valence-electron chi connectivity index (χ2n) is 7.28. The van der Waals surface area contributed by atoms with Crippen molar-refractivity contribution in [2.75, 3.05) is 6.61 Å². The van der Waals surface area contributed by atoms with Crippen molar-refractivity contribution < 1.29 is 19.1 Å². The second-order valence-corrected chi connectivity index (χ2v) is 7.69. The van der Waals surface area contributed by atoms with E-state index in [9.17, 15) is 9.59 Å². The van der Waals surface area contributed by atoms with Crippen LogP contribution >= 0.6 is 12.2 Å². The van der Waals surface area contributed by atoms with Crippen LogP contribution in [0.15, 0.2) is 48.5 Å². The Morgan fingerprint density at radius 1 is 0.833 bits per heavy atom. The largest absolute Gasteiger partial charge is 0.493 e. The molecule has 0 spiro atoms. The summed E-state index contributed by atoms with van der Waals surface area (Å²) in [6.45, 7) is 8.58. The van der Waals surface area contributed by atoms with Gasteiger partial charge in [0.2, 0.25) is 0 Å². The van der Waals surface area contributed by atoms with Crippen LogP contribution < -0.4 is 25.6 Å². The van der Waals surface area contributed by atoms with Crippen molar-refractivity contribution in [3.05, 3.63) is 59.7 Å². The first-order chi connectivity index (χ1) is 14.2. The molecule has 0 aliphatic carbocycles. The Bertz CT molecular complexity index is 865. The highest BCUT2D eigenvalue weighted by atomic mass is 32.1. The van der Waals surface area contributed by atoms with Crippen LogP contribution in [0.4, 0.5) is 0 Å². The molecule has 0 aliphatic heterocycles. The summed E-state index contributed by atoms with van der Waals surface area (Å²) >= 11 is 5.06. The van der Waals surface area contributed by atoms with Gasteiger partial charge >= 0.3 is 0 Å². The predicted octanol–water partition coefficient (Wildman–Crippen LogP) is 3.46. The molecule has 0 saturated heterocycles. The summed E-state index contributed by atoms with van der Waals surface area (Å²) in [6.07, 6.45) is 0.0498. The Hall–Kier alpha value is -3.13. The number of ether oxygens (including phenoxy) is 2. The minimum Gasteiger partial charge on any atom is -0.493 e. The summed E-state index contributed by atoms with van der Waals surface area (Å²) in [7, 11) is 0. The average Bonchev–Trinajstić information content (AvgIpc) is 2.71. The first kappa shape index (κ1) is 23.2. The summed E-state index contributed by atoms with van der Waals surface area (Å²) < 4.78 is 11.1. The van der Waals surface area contributed by atoms with Crippen molar-refractivity contribution in [2.45, 2.75) is 33.8 Å². The summed E-state index contributed by atoms with van der Waals surface area (Å²) in [5, 5.41) is 2.48. The van der Waals surface area contributed by atoms with Crippen LogP contribution in [0.2, 0.25) is 0 Å². The standard InChI is InChI=1S/C22H27N3O4S/c1-14(2)13-28-18-9-5-17(6-10-18)21(27)24-25-22(30)23-20(26)16-7-11-19(12-8-16)29-15(3)4/h5-12,14-15H,13H2,1-4H3,(H,24,27)(H2,23,25,26,30). The minimum absolute atomic E-state index is 0.0206. The van der Waals surface area contributed by atoms with E-state index in [1.165, 1.54) is 0 Å². The summed E-state index contributed by atoms with van der Waals surface area (Å²) in [5.41, 5.74) is 5.81. The Morgan fingerprint density at radius 2 is 1.37 bits per heavy atom. The lowest BCUT2D eigenvalue weighted by Crippen LogP contribution is -2.48. The molecule has 0 saturated carbocycles. The van der Waals surface area contributed by atoms with E-state index < -0.39 is 11.8 Å². The fraction of sp³-hybridized carbons (Fsp3) is 0.318. The van der Waals surface area contributed by atoms with E-state index in [0.717, 1.165) is 0 Å². The second kappa shape index (κ2) is 11.2. The van der Waals surface area contributed by atoms with Crippen LogP contribution in [0.1, 0.15) is 48.4 Å². The molecule has 0 heterocycles. The van der Waals surface area contributed by atoms with Crippen molar-refractivity contribution in [1.82, 2.24) is 16.2 Å². The van der Waals surface area contributed by atoms with Crippen molar-refractivity contribution >= 4 is 29.1 Å². The number of hydrazine groups is 1. The van der Waals surface area contributed by atoms with Crippen molar-refractivity contribution in [1.29, 1.82) is 0 Å². The molecule has 2 rings (SSSR count). The molecule has 0 fully saturated rings. The van der Waals surface area contributed by atoms with Gasteiger partial charge in [-0.05, 0) is 80.5 Å². The van der Waals surface area contributed by atoms with Crippen LogP contribution in [0.5, 0.6) is 11.5 Å². The van der Waals surface area contributed by atoms with E-state index in [-0.39, 0.29) is 11.2 Å². The number of carbonyl (C=O) groups is 2. The van der Waals surface area contributed by atoms with Crippen LogP contribution in [0, 0.1) is 5.92 Å². The maximum absolute atomic E-state index is 12.2. The smallest absolute Gasteiger partial charge is 0.269 e. The summed E-state index contributed by atoms with van der Waals surface area (Å²) in [4.78, 5) is 24.5. The maximum atomic E-state index is 12.2. The van der Waals surface area contributed by atoms with Crippen LogP contribution in [-0.4, -0.2) is 29.6 Å². The van der Waals surface area contributed by atoms with Gasteiger partial charge in [-0.3, -0.25) is 25.8 Å². The molecule has 2 aromatic rings. The summed E-state index contributed by atoms with van der Waals surface area (Å²) in [5.74, 6) is 0.998. The van der Waals surface area contributed by atoms with E-state index in [1.54, 1.807) is 48.5 Å². The first-order valence-electron chi connectivity index (χ1n) is 9.66. The molecular weight excluding hydrogens is 402 g/mol. The molecule has 0 aromatic heterocycles. The Morgan fingerprint density at radius 3 is 1.90 bits per heavy atom. The lowest BCUT2D eigenvalue weighted by atomic mass is 10.2. The van der Waals surface area contributed by atoms with E-state index in [1.807, 2.05) is 13.8 Å². The van der Waals surface area contributed by atoms with Gasteiger partial charge in [0.15, 0.2) is 5.11 Å². The lowest BCUT2D eigenvalue weighted by molar-refractivity contribution is 0.0934. The van der Waals surface area contributed by atoms with E-state index in [4.69, 9.17) is 21.7 Å². The number of hydrogen-bond donors (Lipinski definition) is 3. The Balaban J connectivity index is 1.80. The van der Waals surface area contributed by atoms with Crippen LogP contribution in [-0.2, 0) is 0 Å². The fourth-order valence-electron chi connectivity index (χ4n) is 2.31. The van der Waals surface area contributed by atoms with Crippen LogP contribution in [0.25, 0.3) is 0 Å². The van der Waals surface area contributed by atoms with Gasteiger partial charge in [-0.1, -0.05) is 13.8 Å². The SMILES string of the molecule is CC(C)COc1ccc(C(=O)NNC(=S)NC(=O)c2ccc(OC(C)C)cc2)cc1. The summed E-state index contributed by atoms with van der Waals surface area (Å²) in [6, 6.07) is 13.4. The highest BCUT2D eigenvalue weighted by molar-refractivity contribution is 7.80. The molecule has 2 aromatic carbocycles. The predicted molar refractivity (Wildman–Crippen MR) is 120 cm³/mol. The number of nitrogens with one attached hydrogen (secondary N) is 3. The Kier molecular flexibility index (Phi) is 8.61. The molecule has 2 amide bonds. The molecule has 0 aliphatic rings. The molecule has 3 N–H and O–H groups in total. The number of thiocarbonyl (C=S) groups is 1. The van der Waals surface area contributed by atoms with Gasteiger partial charge in [0, 0.05) is 11.1 Å². The zero-order chi connectivity index (χ0) is 22.1. The van der Waals surface area contributed by atoms with Gasteiger partial charge in [-0.2, -0.15) is 0 Å². The monoisotopic (exact) mass is 429 g/mol. The number of benzene rings is 2. The van der Waals surface area contributed by atoms with Gasteiger partial charge in [0.1, 0.15) is 11.5 Å². The lowest BCUT2D eigenvalue weighted by Gasteiger charge is -2.12. The fourth-order valence-corrected chi connectivity index (χ4v) is 2.46. The molecule has 8 heteroatoms. The zero-order valence-electron chi connectivity index (χ0n) is 17.5. The molecule has 0 unspecified atom stereocenters. The van der Waals surface area contributed by atoms with Gasteiger partial charge in [-0.15, -0.1) is 0 Å². The van der Waals surface area contributed by atoms with E-state index in [0.29, 0.717) is 35.2 Å². The third-order valence-electron chi connectivity index (χ3n) is 3.70. The Labute approximate surface area is 182 Å². The molecule has 0 radical (unpaired) electrons. The third kappa shape index (κ3) is 7.71. The normalized spacial score (nSPS) is 10.5. The highest BCUT2D eigenvalue weighted by Gasteiger charge is 2.10. The third-order valence-corrected chi connectivity index (χ3v) is 3.91. The van der Waals surface area contributed by atoms with Crippen molar-refractivity contribution in [3.8, 4) is 11.5 Å². The molecule has 0 atom stereocenters. The molecule has 160 valence electrons. The number of amides is 2.